The van der Waals surface area contributed by atoms with Crippen molar-refractivity contribution in [3.8, 4) is 11.1 Å². The third-order valence-electron chi connectivity index (χ3n) is 5.45. The van der Waals surface area contributed by atoms with Crippen LogP contribution in [0.2, 0.25) is 0 Å². The molecule has 1 amide bonds. The number of rotatable bonds is 6. The number of pyridine rings is 1. The number of anilines is 2. The molecular formula is C25H25F3N6O2. The summed E-state index contributed by atoms with van der Waals surface area (Å²) in [5, 5.41) is 5.37. The highest BCUT2D eigenvalue weighted by Crippen LogP contribution is 2.34. The Balaban J connectivity index is 1.36. The number of nitrogens with two attached hydrogens (primary N) is 1. The summed E-state index contributed by atoms with van der Waals surface area (Å²) in [6.07, 6.45) is -2.94. The number of amides is 1. The molecule has 0 bridgehead atoms. The molecule has 188 valence electrons. The van der Waals surface area contributed by atoms with Crippen molar-refractivity contribution in [1.29, 1.82) is 0 Å². The van der Waals surface area contributed by atoms with E-state index in [1.807, 2.05) is 17.0 Å². The average Bonchev–Trinajstić information content (AvgIpc) is 2.85. The highest BCUT2D eigenvalue weighted by molar-refractivity contribution is 5.94. The maximum Gasteiger partial charge on any atom is 0.418 e. The number of nitrogens with one attached hydrogen (secondary N) is 2. The van der Waals surface area contributed by atoms with E-state index in [-0.39, 0.29) is 23.4 Å². The largest absolute Gasteiger partial charge is 0.418 e. The van der Waals surface area contributed by atoms with Gasteiger partial charge in [0.2, 0.25) is 5.91 Å². The first-order valence-electron chi connectivity index (χ1n) is 11.2. The summed E-state index contributed by atoms with van der Waals surface area (Å²) < 4.78 is 44.8. The van der Waals surface area contributed by atoms with Crippen LogP contribution in [-0.2, 0) is 15.7 Å². The quantitative estimate of drug-likeness (QED) is 0.349. The Labute approximate surface area is 206 Å². The Kier molecular flexibility index (Phi) is 7.81. The Morgan fingerprint density at radius 2 is 1.69 bits per heavy atom. The molecule has 2 aromatic carbocycles. The number of alkyl halides is 3. The molecule has 11 heteroatoms. The highest BCUT2D eigenvalue weighted by Gasteiger charge is 2.33. The molecule has 0 aliphatic carbocycles. The van der Waals surface area contributed by atoms with Crippen LogP contribution in [-0.4, -0.2) is 54.6 Å². The number of benzene rings is 2. The fraction of sp³-hybridized carbons (Fsp3) is 0.240. The van der Waals surface area contributed by atoms with E-state index in [4.69, 9.17) is 10.5 Å². The minimum absolute atomic E-state index is 0.0856. The fourth-order valence-electron chi connectivity index (χ4n) is 3.66. The van der Waals surface area contributed by atoms with Crippen LogP contribution in [0.4, 0.5) is 30.4 Å². The van der Waals surface area contributed by atoms with Gasteiger partial charge in [-0.2, -0.15) is 18.2 Å². The van der Waals surface area contributed by atoms with Gasteiger partial charge < -0.3 is 21.1 Å². The Morgan fingerprint density at radius 1 is 1.00 bits per heavy atom. The van der Waals surface area contributed by atoms with Gasteiger partial charge in [0.05, 0.1) is 31.0 Å². The number of hydrogen-bond acceptors (Lipinski definition) is 5. The van der Waals surface area contributed by atoms with Crippen molar-refractivity contribution < 1.29 is 22.7 Å². The van der Waals surface area contributed by atoms with Gasteiger partial charge in [-0.25, -0.2) is 4.98 Å². The SMILES string of the molecule is NC(=Nc1ccc(-c2ccc(NC(=O)CN3CCOCC3)cc2)cn1)Nc1ccccc1C(F)(F)F. The van der Waals surface area contributed by atoms with Crippen molar-refractivity contribution >= 4 is 29.1 Å². The second-order valence-corrected chi connectivity index (χ2v) is 8.08. The van der Waals surface area contributed by atoms with Crippen LogP contribution in [0, 0.1) is 0 Å². The van der Waals surface area contributed by atoms with Gasteiger partial charge >= 0.3 is 6.18 Å². The summed E-state index contributed by atoms with van der Waals surface area (Å²) >= 11 is 0. The number of carbonyl (C=O) groups excluding carboxylic acids is 1. The van der Waals surface area contributed by atoms with Gasteiger partial charge in [-0.05, 0) is 42.0 Å². The lowest BCUT2D eigenvalue weighted by Gasteiger charge is -2.25. The summed E-state index contributed by atoms with van der Waals surface area (Å²) in [5.41, 5.74) is 7.12. The van der Waals surface area contributed by atoms with Crippen LogP contribution in [0.5, 0.6) is 0 Å². The molecule has 2 heterocycles. The normalized spacial score (nSPS) is 14.9. The van der Waals surface area contributed by atoms with Crippen LogP contribution < -0.4 is 16.4 Å². The zero-order valence-corrected chi connectivity index (χ0v) is 19.3. The molecule has 36 heavy (non-hydrogen) atoms. The molecule has 0 radical (unpaired) electrons. The third kappa shape index (κ3) is 6.80. The molecule has 3 aromatic rings. The predicted octanol–water partition coefficient (Wildman–Crippen LogP) is 4.10. The lowest BCUT2D eigenvalue weighted by atomic mass is 10.1. The van der Waals surface area contributed by atoms with Crippen molar-refractivity contribution in [2.24, 2.45) is 10.7 Å². The maximum atomic E-state index is 13.2. The Morgan fingerprint density at radius 3 is 2.36 bits per heavy atom. The fourth-order valence-corrected chi connectivity index (χ4v) is 3.66. The number of guanidine groups is 1. The van der Waals surface area contributed by atoms with Crippen molar-refractivity contribution in [1.82, 2.24) is 9.88 Å². The summed E-state index contributed by atoms with van der Waals surface area (Å²) in [7, 11) is 0. The summed E-state index contributed by atoms with van der Waals surface area (Å²) in [6.45, 7) is 3.06. The zero-order chi connectivity index (χ0) is 25.5. The van der Waals surface area contributed by atoms with Gasteiger partial charge in [-0.15, -0.1) is 0 Å². The molecule has 0 atom stereocenters. The number of nitrogens with zero attached hydrogens (tertiary/aromatic N) is 3. The minimum Gasteiger partial charge on any atom is -0.379 e. The zero-order valence-electron chi connectivity index (χ0n) is 19.3. The summed E-state index contributed by atoms with van der Waals surface area (Å²) in [4.78, 5) is 22.6. The van der Waals surface area contributed by atoms with E-state index in [1.54, 1.807) is 30.5 Å². The van der Waals surface area contributed by atoms with Crippen LogP contribution in [0.1, 0.15) is 5.56 Å². The topological polar surface area (TPSA) is 105 Å². The van der Waals surface area contributed by atoms with E-state index in [2.05, 4.69) is 20.6 Å². The lowest BCUT2D eigenvalue weighted by Crippen LogP contribution is -2.41. The van der Waals surface area contributed by atoms with Crippen molar-refractivity contribution in [3.63, 3.8) is 0 Å². The van der Waals surface area contributed by atoms with E-state index in [9.17, 15) is 18.0 Å². The second kappa shape index (κ2) is 11.2. The van der Waals surface area contributed by atoms with Crippen molar-refractivity contribution in [3.05, 3.63) is 72.4 Å². The van der Waals surface area contributed by atoms with Crippen LogP contribution >= 0.6 is 0 Å². The van der Waals surface area contributed by atoms with E-state index in [0.29, 0.717) is 25.4 Å². The van der Waals surface area contributed by atoms with Crippen molar-refractivity contribution in [2.75, 3.05) is 43.5 Å². The number of aliphatic imine (C=N–C) groups is 1. The molecule has 8 nitrogen and oxygen atoms in total. The van der Waals surface area contributed by atoms with Gasteiger partial charge in [0.15, 0.2) is 11.8 Å². The molecule has 0 saturated carbocycles. The molecule has 1 aliphatic rings. The molecule has 0 spiro atoms. The molecule has 1 saturated heterocycles. The van der Waals surface area contributed by atoms with E-state index < -0.39 is 11.7 Å². The second-order valence-electron chi connectivity index (χ2n) is 8.08. The monoisotopic (exact) mass is 498 g/mol. The smallest absolute Gasteiger partial charge is 0.379 e. The first kappa shape index (κ1) is 25.1. The van der Waals surface area contributed by atoms with E-state index in [0.717, 1.165) is 30.3 Å². The minimum atomic E-state index is -4.52. The number of ether oxygens (including phenoxy) is 1. The van der Waals surface area contributed by atoms with E-state index in [1.165, 1.54) is 18.2 Å². The standard InChI is InChI=1S/C25H25F3N6O2/c26-25(27,28)20-3-1-2-4-21(20)32-24(29)33-22-10-7-18(15-30-22)17-5-8-19(9-6-17)31-23(35)16-34-11-13-36-14-12-34/h1-10,15H,11-14,16H2,(H,31,35)(H3,29,30,32,33). The maximum absolute atomic E-state index is 13.2. The number of carbonyl (C=O) groups is 1. The van der Waals surface area contributed by atoms with Crippen LogP contribution in [0.25, 0.3) is 11.1 Å². The number of hydrogen-bond donors (Lipinski definition) is 3. The number of para-hydroxylation sites is 1. The first-order valence-corrected chi connectivity index (χ1v) is 11.2. The number of halogens is 3. The van der Waals surface area contributed by atoms with Crippen LogP contribution in [0.15, 0.2) is 71.9 Å². The molecule has 4 N–H and O–H groups in total. The molecule has 1 aliphatic heterocycles. The number of aromatic nitrogens is 1. The molecule has 0 unspecified atom stereocenters. The van der Waals surface area contributed by atoms with Crippen molar-refractivity contribution in [2.45, 2.75) is 6.18 Å². The summed E-state index contributed by atoms with van der Waals surface area (Å²) in [6, 6.07) is 15.7. The van der Waals surface area contributed by atoms with Crippen LogP contribution in [0.3, 0.4) is 0 Å². The lowest BCUT2D eigenvalue weighted by molar-refractivity contribution is -0.136. The van der Waals surface area contributed by atoms with E-state index >= 15 is 0 Å². The third-order valence-corrected chi connectivity index (χ3v) is 5.45. The average molecular weight is 499 g/mol. The first-order chi connectivity index (χ1) is 17.3. The predicted molar refractivity (Wildman–Crippen MR) is 132 cm³/mol. The van der Waals surface area contributed by atoms with Gasteiger partial charge in [-0.3, -0.25) is 9.69 Å². The molecular weight excluding hydrogens is 473 g/mol. The molecule has 1 aromatic heterocycles. The van der Waals surface area contributed by atoms with Gasteiger partial charge in [0.25, 0.3) is 0 Å². The molecule has 1 fully saturated rings. The van der Waals surface area contributed by atoms with Gasteiger partial charge in [0.1, 0.15) is 0 Å². The highest BCUT2D eigenvalue weighted by atomic mass is 19.4. The Bertz CT molecular complexity index is 1210. The van der Waals surface area contributed by atoms with Gasteiger partial charge in [0, 0.05) is 30.5 Å². The Hall–Kier alpha value is -3.96. The summed E-state index contributed by atoms with van der Waals surface area (Å²) in [5.74, 6) is -0.0676. The number of morpholine rings is 1. The molecule has 4 rings (SSSR count). The van der Waals surface area contributed by atoms with Gasteiger partial charge in [-0.1, -0.05) is 24.3 Å².